The number of carbonyl (C=O) groups is 1. The van der Waals surface area contributed by atoms with Crippen molar-refractivity contribution in [2.24, 2.45) is 0 Å². The number of hydrogen-bond acceptors (Lipinski definition) is 4. The average Bonchev–Trinajstić information content (AvgIpc) is 2.63. The summed E-state index contributed by atoms with van der Waals surface area (Å²) >= 11 is 0. The number of halogens is 1. The Balaban J connectivity index is 1.79. The van der Waals surface area contributed by atoms with Crippen molar-refractivity contribution < 1.29 is 18.7 Å². The summed E-state index contributed by atoms with van der Waals surface area (Å²) in [5.41, 5.74) is 0.138. The van der Waals surface area contributed by atoms with Crippen LogP contribution in [-0.4, -0.2) is 11.0 Å². The van der Waals surface area contributed by atoms with E-state index >= 15 is 0 Å². The zero-order chi connectivity index (χ0) is 18.3. The summed E-state index contributed by atoms with van der Waals surface area (Å²) in [6.45, 7) is 0. The van der Waals surface area contributed by atoms with Gasteiger partial charge in [-0.25, -0.2) is 4.39 Å². The predicted molar refractivity (Wildman–Crippen MR) is 96.0 cm³/mol. The summed E-state index contributed by atoms with van der Waals surface area (Å²) in [6.07, 6.45) is 0. The van der Waals surface area contributed by atoms with Crippen LogP contribution in [0.5, 0.6) is 5.75 Å². The van der Waals surface area contributed by atoms with Gasteiger partial charge in [0.05, 0.1) is 16.3 Å². The number of carbonyl (C=O) groups excluding carboxylic acids is 1. The van der Waals surface area contributed by atoms with Crippen molar-refractivity contribution in [1.82, 2.24) is 0 Å². The van der Waals surface area contributed by atoms with E-state index < -0.39 is 11.7 Å². The van der Waals surface area contributed by atoms with Crippen molar-refractivity contribution in [1.29, 1.82) is 0 Å². The molecule has 4 rings (SSSR count). The summed E-state index contributed by atoms with van der Waals surface area (Å²) in [5, 5.41) is 12.8. The summed E-state index contributed by atoms with van der Waals surface area (Å²) in [7, 11) is 0. The van der Waals surface area contributed by atoms with E-state index in [1.165, 1.54) is 42.5 Å². The zero-order valence-corrected chi connectivity index (χ0v) is 13.3. The number of amides is 1. The van der Waals surface area contributed by atoms with E-state index in [-0.39, 0.29) is 38.7 Å². The molecule has 0 atom stereocenters. The van der Waals surface area contributed by atoms with E-state index in [9.17, 15) is 19.1 Å². The Hall–Kier alpha value is -3.67. The Morgan fingerprint density at radius 3 is 2.62 bits per heavy atom. The van der Waals surface area contributed by atoms with E-state index in [0.717, 1.165) is 0 Å². The van der Waals surface area contributed by atoms with Crippen LogP contribution in [0.3, 0.4) is 0 Å². The van der Waals surface area contributed by atoms with Crippen LogP contribution in [0.1, 0.15) is 10.4 Å². The summed E-state index contributed by atoms with van der Waals surface area (Å²) in [6, 6.07) is 14.8. The van der Waals surface area contributed by atoms with Crippen molar-refractivity contribution >= 4 is 33.5 Å². The van der Waals surface area contributed by atoms with Crippen molar-refractivity contribution in [3.63, 3.8) is 0 Å². The number of phenols is 1. The third-order valence-corrected chi connectivity index (χ3v) is 4.06. The maximum Gasteiger partial charge on any atom is 0.259 e. The largest absolute Gasteiger partial charge is 0.507 e. The molecule has 128 valence electrons. The molecule has 0 radical (unpaired) electrons. The van der Waals surface area contributed by atoms with Gasteiger partial charge in [0.15, 0.2) is 11.4 Å². The molecular weight excluding hydrogens is 337 g/mol. The molecule has 0 aliphatic rings. The van der Waals surface area contributed by atoms with Gasteiger partial charge in [0.25, 0.3) is 5.91 Å². The van der Waals surface area contributed by atoms with Crippen LogP contribution in [0.15, 0.2) is 69.9 Å². The normalized spacial score (nSPS) is 11.0. The van der Waals surface area contributed by atoms with Crippen molar-refractivity contribution in [3.8, 4) is 5.75 Å². The van der Waals surface area contributed by atoms with E-state index in [1.54, 1.807) is 18.2 Å². The maximum atomic E-state index is 13.9. The second-order valence-corrected chi connectivity index (χ2v) is 5.73. The first-order valence-corrected chi connectivity index (χ1v) is 7.79. The van der Waals surface area contributed by atoms with Crippen LogP contribution in [0.2, 0.25) is 0 Å². The highest BCUT2D eigenvalue weighted by Crippen LogP contribution is 2.24. The summed E-state index contributed by atoms with van der Waals surface area (Å²) in [4.78, 5) is 24.8. The lowest BCUT2D eigenvalue weighted by molar-refractivity contribution is 0.102. The number of nitrogens with one attached hydrogen (secondary N) is 1. The lowest BCUT2D eigenvalue weighted by Gasteiger charge is -2.08. The number of anilines is 1. The van der Waals surface area contributed by atoms with Crippen LogP contribution in [0.4, 0.5) is 10.1 Å². The van der Waals surface area contributed by atoms with Crippen LogP contribution < -0.4 is 10.7 Å². The molecule has 0 saturated heterocycles. The van der Waals surface area contributed by atoms with E-state index in [1.807, 2.05) is 0 Å². The minimum absolute atomic E-state index is 0.110. The Morgan fingerprint density at radius 2 is 1.81 bits per heavy atom. The topological polar surface area (TPSA) is 79.5 Å². The minimum Gasteiger partial charge on any atom is -0.507 e. The Morgan fingerprint density at radius 1 is 1.00 bits per heavy atom. The van der Waals surface area contributed by atoms with Crippen molar-refractivity contribution in [3.05, 3.63) is 82.3 Å². The van der Waals surface area contributed by atoms with E-state index in [4.69, 9.17) is 4.42 Å². The standard InChI is InChI=1S/C20H12FNO4/c21-15-6-3-5-14-18(24)13-9-8-11(10-17(13)26-19(14)15)22-20(25)12-4-1-2-7-16(12)23/h1-10,23H,(H,22,25). The van der Waals surface area contributed by atoms with Crippen LogP contribution in [-0.2, 0) is 0 Å². The first-order valence-electron chi connectivity index (χ1n) is 7.79. The third-order valence-electron chi connectivity index (χ3n) is 4.06. The number of hydrogen-bond donors (Lipinski definition) is 2. The molecule has 1 aromatic heterocycles. The quantitative estimate of drug-likeness (QED) is 0.535. The molecule has 26 heavy (non-hydrogen) atoms. The Labute approximate surface area is 146 Å². The third kappa shape index (κ3) is 2.57. The summed E-state index contributed by atoms with van der Waals surface area (Å²) < 4.78 is 19.5. The molecule has 0 aliphatic carbocycles. The van der Waals surface area contributed by atoms with Crippen molar-refractivity contribution in [2.75, 3.05) is 5.32 Å². The first kappa shape index (κ1) is 15.8. The number of aromatic hydroxyl groups is 1. The fourth-order valence-corrected chi connectivity index (χ4v) is 2.78. The lowest BCUT2D eigenvalue weighted by atomic mass is 10.1. The fourth-order valence-electron chi connectivity index (χ4n) is 2.78. The van der Waals surface area contributed by atoms with Gasteiger partial charge >= 0.3 is 0 Å². The van der Waals surface area contributed by atoms with Gasteiger partial charge in [-0.05, 0) is 36.4 Å². The molecule has 0 saturated carbocycles. The highest BCUT2D eigenvalue weighted by atomic mass is 19.1. The number of rotatable bonds is 2. The number of fused-ring (bicyclic) bond motifs is 2. The highest BCUT2D eigenvalue weighted by Gasteiger charge is 2.14. The SMILES string of the molecule is O=C(Nc1ccc2c(=O)c3cccc(F)c3oc2c1)c1ccccc1O. The molecule has 5 nitrogen and oxygen atoms in total. The van der Waals surface area contributed by atoms with Gasteiger partial charge in [0.2, 0.25) is 5.43 Å². The number of phenolic OH excluding ortho intramolecular Hbond substituents is 1. The molecule has 0 unspecified atom stereocenters. The van der Waals surface area contributed by atoms with E-state index in [0.29, 0.717) is 5.69 Å². The van der Waals surface area contributed by atoms with Crippen LogP contribution in [0.25, 0.3) is 21.9 Å². The van der Waals surface area contributed by atoms with Gasteiger partial charge in [-0.2, -0.15) is 0 Å². The molecule has 0 fully saturated rings. The second-order valence-electron chi connectivity index (χ2n) is 5.73. The number of para-hydroxylation sites is 2. The molecule has 1 amide bonds. The van der Waals surface area contributed by atoms with Gasteiger partial charge in [0, 0.05) is 11.8 Å². The number of benzene rings is 3. The zero-order valence-electron chi connectivity index (χ0n) is 13.3. The van der Waals surface area contributed by atoms with E-state index in [2.05, 4.69) is 5.32 Å². The van der Waals surface area contributed by atoms with Crippen molar-refractivity contribution in [2.45, 2.75) is 0 Å². The monoisotopic (exact) mass is 349 g/mol. The molecule has 6 heteroatoms. The van der Waals surface area contributed by atoms with Crippen LogP contribution >= 0.6 is 0 Å². The van der Waals surface area contributed by atoms with Gasteiger partial charge in [-0.3, -0.25) is 9.59 Å². The predicted octanol–water partition coefficient (Wildman–Crippen LogP) is 4.04. The van der Waals surface area contributed by atoms with Gasteiger partial charge < -0.3 is 14.8 Å². The van der Waals surface area contributed by atoms with Gasteiger partial charge in [-0.1, -0.05) is 18.2 Å². The molecule has 0 spiro atoms. The van der Waals surface area contributed by atoms with Gasteiger partial charge in [0.1, 0.15) is 11.3 Å². The maximum absolute atomic E-state index is 13.9. The molecule has 2 N–H and O–H groups in total. The lowest BCUT2D eigenvalue weighted by Crippen LogP contribution is -2.12. The first-order chi connectivity index (χ1) is 12.5. The fraction of sp³-hybridized carbons (Fsp3) is 0. The highest BCUT2D eigenvalue weighted by molar-refractivity contribution is 6.06. The smallest absolute Gasteiger partial charge is 0.259 e. The molecule has 0 aliphatic heterocycles. The molecule has 4 aromatic rings. The minimum atomic E-state index is -0.634. The molecule has 0 bridgehead atoms. The molecule has 1 heterocycles. The molecular formula is C20H12FNO4. The average molecular weight is 349 g/mol. The summed E-state index contributed by atoms with van der Waals surface area (Å²) in [5.74, 6) is -1.30. The Bertz CT molecular complexity index is 1230. The Kier molecular flexibility index (Phi) is 3.65. The van der Waals surface area contributed by atoms with Crippen LogP contribution in [0, 0.1) is 5.82 Å². The second kappa shape index (κ2) is 6.00. The molecule has 3 aromatic carbocycles. The van der Waals surface area contributed by atoms with Gasteiger partial charge in [-0.15, -0.1) is 0 Å².